The van der Waals surface area contributed by atoms with E-state index in [-0.39, 0.29) is 160 Å². The van der Waals surface area contributed by atoms with Crippen LogP contribution in [0.2, 0.25) is 0 Å². The van der Waals surface area contributed by atoms with E-state index in [4.69, 9.17) is 53.8 Å². The summed E-state index contributed by atoms with van der Waals surface area (Å²) >= 11 is 0. The van der Waals surface area contributed by atoms with Crippen molar-refractivity contribution in [3.63, 3.8) is 0 Å². The summed E-state index contributed by atoms with van der Waals surface area (Å²) in [5.41, 5.74) is 0. The third-order valence-electron chi connectivity index (χ3n) is 0.421. The van der Waals surface area contributed by atoms with E-state index in [1.807, 2.05) is 0 Å². The number of phosphoric acid groups is 2. The molecule has 0 aliphatic heterocycles. The Morgan fingerprint density at radius 3 is 0.842 bits per heavy atom. The van der Waals surface area contributed by atoms with Gasteiger partial charge in [0.25, 0.3) is 0 Å². The van der Waals surface area contributed by atoms with Gasteiger partial charge in [-0.1, -0.05) is 0 Å². The summed E-state index contributed by atoms with van der Waals surface area (Å²) in [6.45, 7) is -0.729. The van der Waals surface area contributed by atoms with Crippen LogP contribution in [0.15, 0.2) is 0 Å². The minimum Gasteiger partial charge on any atom is -0.822 e. The fourth-order valence-corrected chi connectivity index (χ4v) is 0.0577. The first-order chi connectivity index (χ1) is 6.81. The average Bonchev–Trinajstić information content (AvgIpc) is 1.96. The first kappa shape index (κ1) is 39.1. The Labute approximate surface area is 229 Å². The average molecular weight is 694 g/mol. The van der Waals surface area contributed by atoms with Crippen LogP contribution in [-0.4, -0.2) is 181 Å². The Hall–Kier alpha value is 4.81. The van der Waals surface area contributed by atoms with E-state index in [2.05, 4.69) is 0 Å². The van der Waals surface area contributed by atoms with Gasteiger partial charge in [-0.15, -0.1) is 0 Å². The maximum absolute atomic E-state index is 8.55. The summed E-state index contributed by atoms with van der Waals surface area (Å²) in [5, 5.41) is 24.0. The van der Waals surface area contributed by atoms with Gasteiger partial charge in [-0.3, -0.25) is 0 Å². The number of hydrogen-bond donors (Lipinski definition) is 3. The molecule has 0 fully saturated rings. The molecule has 0 radical (unpaired) electrons. The van der Waals surface area contributed by atoms with Crippen molar-refractivity contribution in [2.75, 3.05) is 13.2 Å². The zero-order chi connectivity index (χ0) is 14.0. The van der Waals surface area contributed by atoms with Crippen LogP contribution in [0.3, 0.4) is 0 Å². The summed E-state index contributed by atoms with van der Waals surface area (Å²) in [6.07, 6.45) is -0.954. The molecule has 16 heteroatoms. The van der Waals surface area contributed by atoms with E-state index in [9.17, 15) is 0 Å². The van der Waals surface area contributed by atoms with Crippen molar-refractivity contribution in [2.24, 2.45) is 0 Å². The summed E-state index contributed by atoms with van der Waals surface area (Å²) in [5.74, 6) is 0. The van der Waals surface area contributed by atoms with Gasteiger partial charge in [0.05, 0.1) is 13.2 Å². The first-order valence-electron chi connectivity index (χ1n) is 3.17. The predicted octanol–water partition coefficient (Wildman–Crippen LogP) is -8.46. The predicted molar refractivity (Wildman–Crippen MR) is 52.7 cm³/mol. The molecule has 0 amide bonds. The van der Waals surface area contributed by atoms with Gasteiger partial charge >= 0.3 is 147 Å². The Morgan fingerprint density at radius 1 is 0.737 bits per heavy atom. The molecule has 0 unspecified atom stereocenters. The van der Waals surface area contributed by atoms with Crippen LogP contribution in [-0.2, 0) is 9.13 Å². The van der Waals surface area contributed by atoms with Gasteiger partial charge in [0.1, 0.15) is 6.10 Å². The summed E-state index contributed by atoms with van der Waals surface area (Å²) in [6, 6.07) is 0. The molecule has 19 heavy (non-hydrogen) atoms. The van der Waals surface area contributed by atoms with Gasteiger partial charge < -0.3 is 53.8 Å². The van der Waals surface area contributed by atoms with Crippen LogP contribution in [0.5, 0.6) is 0 Å². The molecular weight excluding hydrogens is 686 g/mol. The van der Waals surface area contributed by atoms with E-state index >= 15 is 0 Å². The van der Waals surface area contributed by atoms with Gasteiger partial charge in [-0.2, -0.15) is 15.6 Å². The van der Waals surface area contributed by atoms with Crippen molar-refractivity contribution in [1.29, 1.82) is 0 Å². The standard InChI is InChI=1S/C3H8O3.3Ba.2H3O4P/c4-1-3(6)2-5;;;;2*1-5(2,3)4/h3-6H,1-2H2;;;;2*(H3,1,2,3,4)/q;3*+2;;/p-6. The molecule has 0 spiro atoms. The van der Waals surface area contributed by atoms with E-state index < -0.39 is 21.7 Å². The summed E-state index contributed by atoms with van der Waals surface area (Å²) < 4.78 is 17.1. The SMILES string of the molecule is O=P([O-])([O-])[O-].O=P([O-])([O-])[O-].OCC(O)CO.[Ba+2].[Ba+2].[Ba+2]. The molecule has 0 bridgehead atoms. The fourth-order valence-electron chi connectivity index (χ4n) is 0.0577. The molecule has 0 heterocycles. The third kappa shape index (κ3) is 127. The second kappa shape index (κ2) is 22.8. The van der Waals surface area contributed by atoms with Crippen LogP contribution >= 0.6 is 15.6 Å². The van der Waals surface area contributed by atoms with Crippen LogP contribution in [0.25, 0.3) is 0 Å². The third-order valence-corrected chi connectivity index (χ3v) is 0.421. The monoisotopic (exact) mass is 696 g/mol. The van der Waals surface area contributed by atoms with E-state index in [0.717, 1.165) is 0 Å². The summed E-state index contributed by atoms with van der Waals surface area (Å²) in [7, 11) is -10.8. The Morgan fingerprint density at radius 2 is 0.842 bits per heavy atom. The molecule has 0 saturated heterocycles. The zero-order valence-electron chi connectivity index (χ0n) is 9.61. The first-order valence-corrected chi connectivity index (χ1v) is 6.09. The molecule has 0 rings (SSSR count). The fraction of sp³-hybridized carbons (Fsp3) is 1.00. The van der Waals surface area contributed by atoms with Gasteiger partial charge in [0, 0.05) is 0 Å². The van der Waals surface area contributed by atoms with Gasteiger partial charge in [-0.05, 0) is 0 Å². The molecule has 0 atom stereocenters. The zero-order valence-corrected chi connectivity index (χ0v) is 24.7. The second-order valence-corrected chi connectivity index (χ2v) is 3.70. The van der Waals surface area contributed by atoms with Crippen molar-refractivity contribution in [3.05, 3.63) is 0 Å². The van der Waals surface area contributed by atoms with E-state index in [0.29, 0.717) is 0 Å². The maximum atomic E-state index is 8.55. The van der Waals surface area contributed by atoms with Crippen molar-refractivity contribution in [2.45, 2.75) is 6.10 Å². The van der Waals surface area contributed by atoms with Crippen LogP contribution in [0, 0.1) is 0 Å². The topological polar surface area (TPSA) is 233 Å². The quantitative estimate of drug-likeness (QED) is 0.182. The number of aliphatic hydroxyl groups excluding tert-OH is 3. The summed E-state index contributed by atoms with van der Waals surface area (Å²) in [4.78, 5) is 51.3. The minimum absolute atomic E-state index is 0. The smallest absolute Gasteiger partial charge is 0.822 e. The van der Waals surface area contributed by atoms with E-state index in [1.54, 1.807) is 0 Å². The molecule has 0 aliphatic rings. The largest absolute Gasteiger partial charge is 2.00 e. The van der Waals surface area contributed by atoms with Crippen molar-refractivity contribution >= 4 is 162 Å². The molecule has 11 nitrogen and oxygen atoms in total. The molecule has 102 valence electrons. The van der Waals surface area contributed by atoms with Crippen molar-refractivity contribution in [3.8, 4) is 0 Å². The Bertz CT molecular complexity index is 199. The normalized spacial score (nSPS) is 9.37. The molecule has 0 saturated carbocycles. The van der Waals surface area contributed by atoms with Crippen molar-refractivity contribution in [1.82, 2.24) is 0 Å². The van der Waals surface area contributed by atoms with Crippen LogP contribution < -0.4 is 29.4 Å². The minimum atomic E-state index is -5.39. The van der Waals surface area contributed by atoms with Crippen LogP contribution in [0.1, 0.15) is 0 Å². The number of hydrogen-bond acceptors (Lipinski definition) is 11. The molecule has 3 N–H and O–H groups in total. The van der Waals surface area contributed by atoms with Gasteiger partial charge in [0.15, 0.2) is 0 Å². The van der Waals surface area contributed by atoms with Crippen LogP contribution in [0.4, 0.5) is 0 Å². The van der Waals surface area contributed by atoms with Gasteiger partial charge in [-0.25, -0.2) is 0 Å². The molecule has 0 aromatic heterocycles. The molecule has 0 aliphatic carbocycles. The maximum Gasteiger partial charge on any atom is 2.00 e. The molecule has 0 aromatic rings. The van der Waals surface area contributed by atoms with Crippen molar-refractivity contribution < 1.29 is 53.8 Å². The molecular formula is C3H8Ba3O11P2. The Balaban J connectivity index is -0.0000000311. The number of aliphatic hydroxyl groups is 3. The van der Waals surface area contributed by atoms with E-state index in [1.165, 1.54) is 0 Å². The molecule has 0 aromatic carbocycles. The van der Waals surface area contributed by atoms with Gasteiger partial charge in [0.2, 0.25) is 0 Å². The Kier molecular flexibility index (Phi) is 46.9. The number of rotatable bonds is 2. The second-order valence-electron chi connectivity index (χ2n) is 1.91.